The van der Waals surface area contributed by atoms with Gasteiger partial charge in [0.2, 0.25) is 0 Å². The predicted molar refractivity (Wildman–Crippen MR) is 69.6 cm³/mol. The van der Waals surface area contributed by atoms with E-state index in [9.17, 15) is 0 Å². The Morgan fingerprint density at radius 2 is 1.12 bits per heavy atom. The van der Waals surface area contributed by atoms with Crippen LogP contribution in [-0.2, 0) is 17.1 Å². The Balaban J connectivity index is -0.000000189. The summed E-state index contributed by atoms with van der Waals surface area (Å²) >= 11 is 0. The van der Waals surface area contributed by atoms with Gasteiger partial charge in [-0.25, -0.2) is 0 Å². The predicted octanol–water partition coefficient (Wildman–Crippen LogP) is 4.41. The first-order valence-corrected chi connectivity index (χ1v) is 5.99. The molecule has 0 aromatic heterocycles. The second kappa shape index (κ2) is 13.5. The monoisotopic (exact) mass is 270 g/mol. The Morgan fingerprint density at radius 1 is 0.812 bits per heavy atom. The van der Waals surface area contributed by atoms with Gasteiger partial charge in [-0.15, -0.1) is 0 Å². The molecule has 2 heteroatoms. The van der Waals surface area contributed by atoms with Crippen LogP contribution >= 0.6 is 0 Å². The molecule has 0 aromatic rings. The maximum atomic E-state index is 9.05. The number of aliphatic hydroxyl groups excluding tert-OH is 1. The SMILES string of the molecule is C1CCCC1.C[C@H](O)C1CCCC1.[CH3-].[CH3-].[Fe+2]. The van der Waals surface area contributed by atoms with E-state index < -0.39 is 0 Å². The topological polar surface area (TPSA) is 20.2 Å². The minimum Gasteiger partial charge on any atom is -0.393 e. The Kier molecular flexibility index (Phi) is 18.4. The van der Waals surface area contributed by atoms with Crippen LogP contribution in [0.5, 0.6) is 0 Å². The Hall–Kier alpha value is 0.479. The summed E-state index contributed by atoms with van der Waals surface area (Å²) in [6.07, 6.45) is 12.6. The molecule has 2 aliphatic rings. The molecular formula is C14H30FeO. The van der Waals surface area contributed by atoms with E-state index in [1.54, 1.807) is 0 Å². The van der Waals surface area contributed by atoms with Gasteiger partial charge in [0.1, 0.15) is 0 Å². The standard InChI is InChI=1S/C7H14O.C5H10.2CH3.Fe/c1-6(8)7-4-2-3-5-7;1-2-4-5-3-1;;;/h6-8H,2-5H2,1H3;1-5H2;2*1H3;/q;;2*-1;+2/t6-;;;;/m0..../s1. The van der Waals surface area contributed by atoms with Gasteiger partial charge in [0.15, 0.2) is 0 Å². The first kappa shape index (κ1) is 21.7. The Labute approximate surface area is 114 Å². The van der Waals surface area contributed by atoms with Crippen LogP contribution in [0.1, 0.15) is 64.7 Å². The number of hydrogen-bond donors (Lipinski definition) is 1. The molecule has 1 nitrogen and oxygen atoms in total. The van der Waals surface area contributed by atoms with Crippen molar-refractivity contribution in [3.8, 4) is 0 Å². The molecule has 1 atom stereocenters. The second-order valence-electron chi connectivity index (χ2n) is 4.55. The minimum atomic E-state index is -0.0579. The normalized spacial score (nSPS) is 20.6. The minimum absolute atomic E-state index is 0. The number of hydrogen-bond acceptors (Lipinski definition) is 1. The van der Waals surface area contributed by atoms with Crippen molar-refractivity contribution < 1.29 is 22.2 Å². The smallest absolute Gasteiger partial charge is 0.393 e. The largest absolute Gasteiger partial charge is 2.00 e. The third-order valence-electron chi connectivity index (χ3n) is 3.33. The zero-order valence-electron chi connectivity index (χ0n) is 11.3. The van der Waals surface area contributed by atoms with E-state index in [2.05, 4.69) is 0 Å². The van der Waals surface area contributed by atoms with Crippen LogP contribution in [0.2, 0.25) is 0 Å². The third-order valence-corrected chi connectivity index (χ3v) is 3.33. The van der Waals surface area contributed by atoms with Gasteiger partial charge in [0, 0.05) is 0 Å². The Bertz CT molecular complexity index is 108. The fraction of sp³-hybridized carbons (Fsp3) is 0.857. The van der Waals surface area contributed by atoms with Crippen LogP contribution in [-0.4, -0.2) is 11.2 Å². The van der Waals surface area contributed by atoms with Crippen molar-refractivity contribution in [2.75, 3.05) is 0 Å². The molecule has 0 saturated heterocycles. The first-order valence-electron chi connectivity index (χ1n) is 5.99. The van der Waals surface area contributed by atoms with E-state index in [0.717, 1.165) is 0 Å². The molecule has 0 aromatic carbocycles. The summed E-state index contributed by atoms with van der Waals surface area (Å²) in [5.74, 6) is 0.620. The van der Waals surface area contributed by atoms with Gasteiger partial charge >= 0.3 is 17.1 Å². The summed E-state index contributed by atoms with van der Waals surface area (Å²) in [6, 6.07) is 0. The maximum absolute atomic E-state index is 9.05. The van der Waals surface area contributed by atoms with Crippen LogP contribution in [0.3, 0.4) is 0 Å². The first-order chi connectivity index (χ1) is 6.30. The van der Waals surface area contributed by atoms with Gasteiger partial charge in [-0.1, -0.05) is 44.9 Å². The fourth-order valence-corrected chi connectivity index (χ4v) is 2.32. The maximum Gasteiger partial charge on any atom is 2.00 e. The van der Waals surface area contributed by atoms with E-state index in [1.165, 1.54) is 57.8 Å². The van der Waals surface area contributed by atoms with Crippen molar-refractivity contribution in [3.63, 3.8) is 0 Å². The molecule has 2 saturated carbocycles. The van der Waals surface area contributed by atoms with Crippen molar-refractivity contribution >= 4 is 0 Å². The summed E-state index contributed by atoms with van der Waals surface area (Å²) in [4.78, 5) is 0. The van der Waals surface area contributed by atoms with Crippen molar-refractivity contribution in [1.82, 2.24) is 0 Å². The van der Waals surface area contributed by atoms with Crippen molar-refractivity contribution in [3.05, 3.63) is 14.9 Å². The van der Waals surface area contributed by atoms with Gasteiger partial charge in [-0.3, -0.25) is 0 Å². The van der Waals surface area contributed by atoms with Gasteiger partial charge in [-0.05, 0) is 25.7 Å². The Morgan fingerprint density at radius 3 is 1.31 bits per heavy atom. The average Bonchev–Trinajstić information content (AvgIpc) is 2.82. The second-order valence-corrected chi connectivity index (χ2v) is 4.55. The molecule has 0 spiro atoms. The van der Waals surface area contributed by atoms with Crippen molar-refractivity contribution in [2.24, 2.45) is 5.92 Å². The molecule has 2 aliphatic carbocycles. The molecule has 1 N–H and O–H groups in total. The van der Waals surface area contributed by atoms with Crippen LogP contribution in [0.15, 0.2) is 0 Å². The fourth-order valence-electron chi connectivity index (χ4n) is 2.32. The zero-order valence-corrected chi connectivity index (χ0v) is 12.4. The molecular weight excluding hydrogens is 240 g/mol. The molecule has 0 heterocycles. The summed E-state index contributed by atoms with van der Waals surface area (Å²) in [6.45, 7) is 1.90. The molecule has 0 unspecified atom stereocenters. The summed E-state index contributed by atoms with van der Waals surface area (Å²) in [5.41, 5.74) is 0. The van der Waals surface area contributed by atoms with Crippen LogP contribution in [0, 0.1) is 20.8 Å². The van der Waals surface area contributed by atoms with Gasteiger partial charge in [0.05, 0.1) is 6.10 Å². The molecule has 16 heavy (non-hydrogen) atoms. The molecule has 0 bridgehead atoms. The zero-order chi connectivity index (χ0) is 9.52. The molecule has 0 aliphatic heterocycles. The number of aliphatic hydroxyl groups is 1. The average molecular weight is 270 g/mol. The van der Waals surface area contributed by atoms with Gasteiger partial charge in [-0.2, -0.15) is 0 Å². The molecule has 2 rings (SSSR count). The van der Waals surface area contributed by atoms with Crippen LogP contribution < -0.4 is 0 Å². The van der Waals surface area contributed by atoms with Gasteiger partial charge in [0.25, 0.3) is 0 Å². The molecule has 0 amide bonds. The van der Waals surface area contributed by atoms with Gasteiger partial charge < -0.3 is 20.0 Å². The van der Waals surface area contributed by atoms with E-state index in [1.807, 2.05) is 6.92 Å². The van der Waals surface area contributed by atoms with E-state index in [-0.39, 0.29) is 38.0 Å². The number of rotatable bonds is 1. The summed E-state index contributed by atoms with van der Waals surface area (Å²) < 4.78 is 0. The van der Waals surface area contributed by atoms with E-state index in [0.29, 0.717) is 5.92 Å². The quantitative estimate of drug-likeness (QED) is 0.553. The van der Waals surface area contributed by atoms with Crippen LogP contribution in [0.25, 0.3) is 0 Å². The summed E-state index contributed by atoms with van der Waals surface area (Å²) in [5, 5.41) is 9.05. The summed E-state index contributed by atoms with van der Waals surface area (Å²) in [7, 11) is 0. The molecule has 0 radical (unpaired) electrons. The van der Waals surface area contributed by atoms with Crippen molar-refractivity contribution in [1.29, 1.82) is 0 Å². The van der Waals surface area contributed by atoms with E-state index in [4.69, 9.17) is 5.11 Å². The third kappa shape index (κ3) is 9.69. The van der Waals surface area contributed by atoms with E-state index >= 15 is 0 Å². The molecule has 100 valence electrons. The molecule has 2 fully saturated rings. The van der Waals surface area contributed by atoms with Crippen molar-refractivity contribution in [2.45, 2.75) is 70.8 Å². The van der Waals surface area contributed by atoms with Crippen LogP contribution in [0.4, 0.5) is 0 Å².